The number of hydrogen-bond donors (Lipinski definition) is 2. The molecule has 3 rings (SSSR count). The van der Waals surface area contributed by atoms with Gasteiger partial charge in [0.1, 0.15) is 6.04 Å². The molecule has 1 aliphatic carbocycles. The number of nitrogens with zero attached hydrogens (tertiary/aromatic N) is 1. The fourth-order valence-electron chi connectivity index (χ4n) is 3.98. The van der Waals surface area contributed by atoms with E-state index in [1.807, 2.05) is 25.1 Å². The van der Waals surface area contributed by atoms with Gasteiger partial charge in [-0.2, -0.15) is 0 Å². The van der Waals surface area contributed by atoms with Crippen LogP contribution in [0.5, 0.6) is 0 Å². The maximum absolute atomic E-state index is 12.9. The average Bonchev–Trinajstić information content (AvgIpc) is 2.57. The third-order valence-electron chi connectivity index (χ3n) is 5.47. The number of hydrogen-bond acceptors (Lipinski definition) is 3. The van der Waals surface area contributed by atoms with E-state index in [1.54, 1.807) is 11.0 Å². The van der Waals surface area contributed by atoms with Crippen molar-refractivity contribution in [2.45, 2.75) is 57.0 Å². The molecule has 0 bridgehead atoms. The summed E-state index contributed by atoms with van der Waals surface area (Å²) >= 11 is 6.24. The predicted molar refractivity (Wildman–Crippen MR) is 107 cm³/mol. The highest BCUT2D eigenvalue weighted by atomic mass is 35.5. The van der Waals surface area contributed by atoms with Gasteiger partial charge >= 0.3 is 0 Å². The molecule has 0 aromatic heterocycles. The van der Waals surface area contributed by atoms with Crippen molar-refractivity contribution in [2.24, 2.45) is 11.7 Å². The van der Waals surface area contributed by atoms with Crippen LogP contribution in [0.15, 0.2) is 24.3 Å². The Balaban J connectivity index is 0.00000243. The van der Waals surface area contributed by atoms with Crippen LogP contribution in [0.25, 0.3) is 0 Å². The normalized spacial score (nSPS) is 29.0. The molecule has 3 N–H and O–H groups in total. The molecular weight excluding hydrogens is 373 g/mol. The zero-order valence-electron chi connectivity index (χ0n) is 15.0. The molecule has 3 unspecified atom stereocenters. The Morgan fingerprint density at radius 2 is 2.00 bits per heavy atom. The molecule has 1 aliphatic heterocycles. The minimum absolute atomic E-state index is 0. The molecule has 0 spiro atoms. The minimum Gasteiger partial charge on any atom is -0.344 e. The quantitative estimate of drug-likeness (QED) is 0.818. The van der Waals surface area contributed by atoms with Crippen LogP contribution in [0.4, 0.5) is 5.69 Å². The Labute approximate surface area is 166 Å². The number of anilines is 1. The molecule has 7 heteroatoms. The number of rotatable bonds is 3. The molecule has 2 fully saturated rings. The van der Waals surface area contributed by atoms with E-state index in [4.69, 9.17) is 17.3 Å². The molecule has 1 heterocycles. The van der Waals surface area contributed by atoms with Crippen LogP contribution < -0.4 is 16.0 Å². The molecular formula is C19H27Cl2N3O2. The maximum atomic E-state index is 12.9. The third-order valence-corrected chi connectivity index (χ3v) is 5.79. The van der Waals surface area contributed by atoms with E-state index in [0.29, 0.717) is 23.7 Å². The van der Waals surface area contributed by atoms with E-state index < -0.39 is 11.6 Å². The molecule has 2 aliphatic rings. The highest BCUT2D eigenvalue weighted by molar-refractivity contribution is 6.33. The zero-order chi connectivity index (χ0) is 18.0. The van der Waals surface area contributed by atoms with Crippen LogP contribution in [-0.2, 0) is 9.59 Å². The van der Waals surface area contributed by atoms with E-state index >= 15 is 0 Å². The second kappa shape index (κ2) is 8.59. The summed E-state index contributed by atoms with van der Waals surface area (Å²) in [6.45, 7) is 2.56. The van der Waals surface area contributed by atoms with Crippen LogP contribution in [0.1, 0.15) is 45.4 Å². The van der Waals surface area contributed by atoms with Crippen molar-refractivity contribution in [3.63, 3.8) is 0 Å². The van der Waals surface area contributed by atoms with Crippen molar-refractivity contribution in [1.82, 2.24) is 5.32 Å². The summed E-state index contributed by atoms with van der Waals surface area (Å²) in [6.07, 6.45) is 5.17. The Bertz CT molecular complexity index is 666. The molecule has 2 amide bonds. The molecule has 1 aromatic rings. The Kier molecular flexibility index (Phi) is 6.94. The monoisotopic (exact) mass is 399 g/mol. The number of amides is 2. The first kappa shape index (κ1) is 21.0. The fourth-order valence-corrected chi connectivity index (χ4v) is 4.22. The van der Waals surface area contributed by atoms with Crippen LogP contribution >= 0.6 is 24.0 Å². The summed E-state index contributed by atoms with van der Waals surface area (Å²) < 4.78 is 0. The smallest absolute Gasteiger partial charge is 0.249 e. The van der Waals surface area contributed by atoms with Gasteiger partial charge in [0.05, 0.1) is 16.6 Å². The lowest BCUT2D eigenvalue weighted by molar-refractivity contribution is -0.133. The molecule has 3 atom stereocenters. The van der Waals surface area contributed by atoms with Crippen LogP contribution in [0.3, 0.4) is 0 Å². The highest BCUT2D eigenvalue weighted by Gasteiger charge is 2.40. The molecule has 0 radical (unpaired) electrons. The molecule has 1 saturated carbocycles. The number of carbonyl (C=O) groups is 2. The van der Waals surface area contributed by atoms with Gasteiger partial charge in [0, 0.05) is 12.1 Å². The molecule has 1 saturated heterocycles. The van der Waals surface area contributed by atoms with Gasteiger partial charge in [-0.1, -0.05) is 36.6 Å². The van der Waals surface area contributed by atoms with E-state index in [-0.39, 0.29) is 30.1 Å². The van der Waals surface area contributed by atoms with Crippen molar-refractivity contribution in [3.05, 3.63) is 29.3 Å². The summed E-state index contributed by atoms with van der Waals surface area (Å²) in [4.78, 5) is 27.3. The van der Waals surface area contributed by atoms with Crippen molar-refractivity contribution in [3.8, 4) is 0 Å². The zero-order valence-corrected chi connectivity index (χ0v) is 16.6. The van der Waals surface area contributed by atoms with E-state index in [1.165, 1.54) is 0 Å². The standard InChI is InChI=1S/C19H26ClN3O2.ClH/c1-19(21)11-5-4-7-13(19)17(24)22-15-9-6-12-23(18(15)25)16-10-3-2-8-14(16)20;/h2-3,8,10,13,15H,4-7,9,11-12,21H2,1H3,(H,22,24);1H. The van der Waals surface area contributed by atoms with Gasteiger partial charge in [0.2, 0.25) is 11.8 Å². The first-order chi connectivity index (χ1) is 11.9. The van der Waals surface area contributed by atoms with E-state index in [2.05, 4.69) is 5.32 Å². The van der Waals surface area contributed by atoms with Gasteiger partial charge < -0.3 is 16.0 Å². The fraction of sp³-hybridized carbons (Fsp3) is 0.579. The second-order valence-electron chi connectivity index (χ2n) is 7.45. The first-order valence-electron chi connectivity index (χ1n) is 9.05. The summed E-state index contributed by atoms with van der Waals surface area (Å²) in [5.41, 5.74) is 6.53. The number of benzene rings is 1. The first-order valence-corrected chi connectivity index (χ1v) is 9.43. The Hall–Kier alpha value is -1.30. The summed E-state index contributed by atoms with van der Waals surface area (Å²) in [5.74, 6) is -0.420. The molecule has 5 nitrogen and oxygen atoms in total. The van der Waals surface area contributed by atoms with Gasteiger partial charge in [-0.3, -0.25) is 9.59 Å². The van der Waals surface area contributed by atoms with Gasteiger partial charge in [0.15, 0.2) is 0 Å². The summed E-state index contributed by atoms with van der Waals surface area (Å²) in [6, 6.07) is 6.80. The number of para-hydroxylation sites is 1. The third kappa shape index (κ3) is 4.33. The van der Waals surface area contributed by atoms with Gasteiger partial charge in [-0.25, -0.2) is 0 Å². The number of halogens is 2. The topological polar surface area (TPSA) is 75.4 Å². The summed E-state index contributed by atoms with van der Waals surface area (Å²) in [7, 11) is 0. The number of nitrogens with one attached hydrogen (secondary N) is 1. The van der Waals surface area contributed by atoms with Crippen molar-refractivity contribution in [2.75, 3.05) is 11.4 Å². The largest absolute Gasteiger partial charge is 0.344 e. The lowest BCUT2D eigenvalue weighted by atomic mass is 9.74. The van der Waals surface area contributed by atoms with Crippen molar-refractivity contribution < 1.29 is 9.59 Å². The second-order valence-corrected chi connectivity index (χ2v) is 7.86. The number of piperidine rings is 1. The SMILES string of the molecule is CC1(N)CCCCC1C(=O)NC1CCCN(c2ccccc2Cl)C1=O.Cl. The van der Waals surface area contributed by atoms with Crippen LogP contribution in [0.2, 0.25) is 5.02 Å². The molecule has 1 aromatic carbocycles. The lowest BCUT2D eigenvalue weighted by Crippen LogP contribution is -2.58. The number of nitrogens with two attached hydrogens (primary N) is 1. The van der Waals surface area contributed by atoms with Gasteiger partial charge in [-0.05, 0) is 44.7 Å². The Morgan fingerprint density at radius 3 is 2.69 bits per heavy atom. The predicted octanol–water partition coefficient (Wildman–Crippen LogP) is 3.28. The molecule has 144 valence electrons. The van der Waals surface area contributed by atoms with Crippen molar-refractivity contribution >= 4 is 41.5 Å². The van der Waals surface area contributed by atoms with E-state index in [0.717, 1.165) is 32.1 Å². The molecule has 26 heavy (non-hydrogen) atoms. The average molecular weight is 400 g/mol. The van der Waals surface area contributed by atoms with Crippen molar-refractivity contribution in [1.29, 1.82) is 0 Å². The lowest BCUT2D eigenvalue weighted by Gasteiger charge is -2.39. The summed E-state index contributed by atoms with van der Waals surface area (Å²) in [5, 5.41) is 3.51. The minimum atomic E-state index is -0.504. The van der Waals surface area contributed by atoms with Crippen LogP contribution in [0, 0.1) is 5.92 Å². The maximum Gasteiger partial charge on any atom is 0.249 e. The Morgan fingerprint density at radius 1 is 1.27 bits per heavy atom. The number of carbonyl (C=O) groups excluding carboxylic acids is 2. The highest BCUT2D eigenvalue weighted by Crippen LogP contribution is 2.32. The van der Waals surface area contributed by atoms with Crippen LogP contribution in [-0.4, -0.2) is 29.9 Å². The van der Waals surface area contributed by atoms with Gasteiger partial charge in [-0.15, -0.1) is 12.4 Å². The van der Waals surface area contributed by atoms with E-state index in [9.17, 15) is 9.59 Å². The van der Waals surface area contributed by atoms with Gasteiger partial charge in [0.25, 0.3) is 0 Å².